The lowest BCUT2D eigenvalue weighted by Crippen LogP contribution is -2.17. The summed E-state index contributed by atoms with van der Waals surface area (Å²) in [5, 5.41) is 0. The number of rotatable bonds is 6. The molecule has 1 unspecified atom stereocenters. The molecule has 84 valence electrons. The van der Waals surface area contributed by atoms with E-state index in [-0.39, 0.29) is 6.04 Å². The van der Waals surface area contributed by atoms with Gasteiger partial charge in [-0.15, -0.1) is 0 Å². The summed E-state index contributed by atoms with van der Waals surface area (Å²) >= 11 is 1.87. The molecule has 1 aromatic rings. The van der Waals surface area contributed by atoms with E-state index < -0.39 is 0 Å². The molecular weight excluding hydrogens is 206 g/mol. The fourth-order valence-corrected chi connectivity index (χ4v) is 2.13. The molecule has 0 amide bonds. The maximum atomic E-state index is 5.68. The maximum Gasteiger partial charge on any atom is 0.119 e. The smallest absolute Gasteiger partial charge is 0.119 e. The molecule has 3 heteroatoms. The van der Waals surface area contributed by atoms with Gasteiger partial charge in [-0.3, -0.25) is 0 Å². The summed E-state index contributed by atoms with van der Waals surface area (Å²) in [6, 6.07) is 8.53. The number of nitrogens with two attached hydrogens (primary N) is 1. The van der Waals surface area contributed by atoms with Crippen LogP contribution in [0.15, 0.2) is 24.3 Å². The van der Waals surface area contributed by atoms with Gasteiger partial charge in [0.05, 0.1) is 6.61 Å². The quantitative estimate of drug-likeness (QED) is 0.808. The van der Waals surface area contributed by atoms with E-state index in [1.807, 2.05) is 37.7 Å². The van der Waals surface area contributed by atoms with Gasteiger partial charge in [-0.1, -0.05) is 12.1 Å². The molecule has 0 fully saturated rings. The summed E-state index contributed by atoms with van der Waals surface area (Å²) in [6.07, 6.45) is 0. The van der Waals surface area contributed by atoms with Crippen molar-refractivity contribution in [2.45, 2.75) is 25.6 Å². The largest absolute Gasteiger partial charge is 0.494 e. The minimum atomic E-state index is 0.276. The number of hydrogen-bond acceptors (Lipinski definition) is 3. The van der Waals surface area contributed by atoms with Crippen LogP contribution in [0, 0.1) is 0 Å². The predicted octanol–water partition coefficient (Wildman–Crippen LogP) is 2.67. The molecule has 2 N–H and O–H groups in total. The second-order valence-corrected chi connectivity index (χ2v) is 4.60. The standard InChI is InChI=1S/C12H19NOS/c1-3-14-12-6-4-11(5-7-12)9-15-8-10(2)13/h4-7,10H,3,8-9,13H2,1-2H3. The summed E-state index contributed by atoms with van der Waals surface area (Å²) < 4.78 is 5.38. The lowest BCUT2D eigenvalue weighted by Gasteiger charge is -2.06. The highest BCUT2D eigenvalue weighted by Gasteiger charge is 1.97. The third kappa shape index (κ3) is 5.09. The van der Waals surface area contributed by atoms with Crippen LogP contribution in [-0.2, 0) is 5.75 Å². The minimum Gasteiger partial charge on any atom is -0.494 e. The Kier molecular flexibility index (Phi) is 5.58. The van der Waals surface area contributed by atoms with Gasteiger partial charge in [-0.25, -0.2) is 0 Å². The monoisotopic (exact) mass is 225 g/mol. The van der Waals surface area contributed by atoms with E-state index >= 15 is 0 Å². The van der Waals surface area contributed by atoms with Gasteiger partial charge in [0.1, 0.15) is 5.75 Å². The Morgan fingerprint density at radius 1 is 1.33 bits per heavy atom. The zero-order valence-electron chi connectivity index (χ0n) is 9.40. The van der Waals surface area contributed by atoms with Gasteiger partial charge >= 0.3 is 0 Å². The topological polar surface area (TPSA) is 35.2 Å². The number of benzene rings is 1. The molecule has 2 nitrogen and oxygen atoms in total. The Bertz CT molecular complexity index is 271. The molecule has 1 rings (SSSR count). The molecule has 15 heavy (non-hydrogen) atoms. The summed E-state index contributed by atoms with van der Waals surface area (Å²) in [7, 11) is 0. The first kappa shape index (κ1) is 12.4. The second-order valence-electron chi connectivity index (χ2n) is 3.57. The van der Waals surface area contributed by atoms with Crippen LogP contribution in [-0.4, -0.2) is 18.4 Å². The van der Waals surface area contributed by atoms with E-state index in [0.29, 0.717) is 0 Å². The lowest BCUT2D eigenvalue weighted by atomic mass is 10.2. The van der Waals surface area contributed by atoms with Crippen LogP contribution >= 0.6 is 11.8 Å². The molecule has 0 radical (unpaired) electrons. The van der Waals surface area contributed by atoms with Crippen LogP contribution in [0.25, 0.3) is 0 Å². The summed E-state index contributed by atoms with van der Waals surface area (Å²) in [4.78, 5) is 0. The molecule has 1 atom stereocenters. The molecule has 0 aliphatic carbocycles. The van der Waals surface area contributed by atoms with Gasteiger partial charge in [0.25, 0.3) is 0 Å². The van der Waals surface area contributed by atoms with Gasteiger partial charge in [0, 0.05) is 17.5 Å². The van der Waals surface area contributed by atoms with Crippen molar-refractivity contribution in [3.8, 4) is 5.75 Å². The molecule has 0 aromatic heterocycles. The molecule has 0 aliphatic rings. The molecule has 0 bridgehead atoms. The minimum absolute atomic E-state index is 0.276. The van der Waals surface area contributed by atoms with E-state index in [4.69, 9.17) is 10.5 Å². The Labute approximate surface area is 96.2 Å². The van der Waals surface area contributed by atoms with Crippen LogP contribution in [0.3, 0.4) is 0 Å². The Morgan fingerprint density at radius 3 is 2.53 bits per heavy atom. The Hall–Kier alpha value is -0.670. The van der Waals surface area contributed by atoms with E-state index in [2.05, 4.69) is 12.1 Å². The first-order chi connectivity index (χ1) is 7.22. The van der Waals surface area contributed by atoms with Crippen molar-refractivity contribution in [2.24, 2.45) is 5.73 Å². The van der Waals surface area contributed by atoms with E-state index in [1.165, 1.54) is 5.56 Å². The van der Waals surface area contributed by atoms with Crippen LogP contribution in [0.1, 0.15) is 19.4 Å². The Morgan fingerprint density at radius 2 is 2.00 bits per heavy atom. The van der Waals surface area contributed by atoms with Gasteiger partial charge in [0.2, 0.25) is 0 Å². The Balaban J connectivity index is 2.36. The van der Waals surface area contributed by atoms with E-state index in [9.17, 15) is 0 Å². The number of thioether (sulfide) groups is 1. The molecule has 0 aliphatic heterocycles. The van der Waals surface area contributed by atoms with Crippen LogP contribution in [0.4, 0.5) is 0 Å². The highest BCUT2D eigenvalue weighted by Crippen LogP contribution is 2.17. The SMILES string of the molecule is CCOc1ccc(CSCC(C)N)cc1. The highest BCUT2D eigenvalue weighted by atomic mass is 32.2. The molecule has 0 heterocycles. The zero-order valence-corrected chi connectivity index (χ0v) is 10.2. The van der Waals surface area contributed by atoms with Crippen LogP contribution in [0.5, 0.6) is 5.75 Å². The summed E-state index contributed by atoms with van der Waals surface area (Å²) in [6.45, 7) is 4.75. The normalized spacial score (nSPS) is 12.5. The third-order valence-corrected chi connectivity index (χ3v) is 3.18. The van der Waals surface area contributed by atoms with Crippen molar-refractivity contribution in [2.75, 3.05) is 12.4 Å². The molecular formula is C12H19NOS. The van der Waals surface area contributed by atoms with Crippen molar-refractivity contribution >= 4 is 11.8 Å². The first-order valence-electron chi connectivity index (χ1n) is 5.27. The number of ether oxygens (including phenoxy) is 1. The van der Waals surface area contributed by atoms with Crippen LogP contribution < -0.4 is 10.5 Å². The average Bonchev–Trinajstić information content (AvgIpc) is 2.20. The second kappa shape index (κ2) is 6.75. The van der Waals surface area contributed by atoms with Gasteiger partial charge in [-0.2, -0.15) is 11.8 Å². The average molecular weight is 225 g/mol. The number of hydrogen-bond donors (Lipinski definition) is 1. The van der Waals surface area contributed by atoms with Gasteiger partial charge in [-0.05, 0) is 31.5 Å². The maximum absolute atomic E-state index is 5.68. The molecule has 0 saturated carbocycles. The van der Waals surface area contributed by atoms with Gasteiger partial charge < -0.3 is 10.5 Å². The fraction of sp³-hybridized carbons (Fsp3) is 0.500. The zero-order chi connectivity index (χ0) is 11.1. The third-order valence-electron chi connectivity index (χ3n) is 1.88. The van der Waals surface area contributed by atoms with Crippen molar-refractivity contribution in [1.82, 2.24) is 0 Å². The summed E-state index contributed by atoms with van der Waals surface area (Å²) in [5.41, 5.74) is 7.00. The van der Waals surface area contributed by atoms with Crippen molar-refractivity contribution in [1.29, 1.82) is 0 Å². The van der Waals surface area contributed by atoms with E-state index in [1.54, 1.807) is 0 Å². The molecule has 1 aromatic carbocycles. The van der Waals surface area contributed by atoms with Crippen molar-refractivity contribution < 1.29 is 4.74 Å². The summed E-state index contributed by atoms with van der Waals surface area (Å²) in [5.74, 6) is 2.97. The predicted molar refractivity (Wildman–Crippen MR) is 67.4 cm³/mol. The van der Waals surface area contributed by atoms with Gasteiger partial charge in [0.15, 0.2) is 0 Å². The van der Waals surface area contributed by atoms with Crippen molar-refractivity contribution in [3.05, 3.63) is 29.8 Å². The molecule has 0 spiro atoms. The highest BCUT2D eigenvalue weighted by molar-refractivity contribution is 7.98. The van der Waals surface area contributed by atoms with Crippen molar-refractivity contribution in [3.63, 3.8) is 0 Å². The van der Waals surface area contributed by atoms with Crippen LogP contribution in [0.2, 0.25) is 0 Å². The first-order valence-corrected chi connectivity index (χ1v) is 6.43. The molecule has 0 saturated heterocycles. The fourth-order valence-electron chi connectivity index (χ4n) is 1.21. The lowest BCUT2D eigenvalue weighted by molar-refractivity contribution is 0.340. The van der Waals surface area contributed by atoms with E-state index in [0.717, 1.165) is 23.9 Å².